The first-order chi connectivity index (χ1) is 26.3. The Balaban J connectivity index is 1.39. The van der Waals surface area contributed by atoms with Gasteiger partial charge in [-0.15, -0.1) is 0 Å². The minimum absolute atomic E-state index is 0.0130. The molecule has 0 unspecified atom stereocenters. The van der Waals surface area contributed by atoms with E-state index in [2.05, 4.69) is 9.97 Å². The summed E-state index contributed by atoms with van der Waals surface area (Å²) in [6.07, 6.45) is -4.08. The molecule has 0 aliphatic carbocycles. The maximum Gasteiger partial charge on any atom is 0.377 e. The van der Waals surface area contributed by atoms with Crippen molar-refractivity contribution in [3.05, 3.63) is 150 Å². The van der Waals surface area contributed by atoms with Gasteiger partial charge in [0.1, 0.15) is 30.1 Å². The zero-order valence-corrected chi connectivity index (χ0v) is 30.0. The molecule has 13 nitrogen and oxygen atoms in total. The third-order valence-corrected chi connectivity index (χ3v) is 10.7. The largest absolute Gasteiger partial charge is 0.459 e. The Morgan fingerprint density at radius 1 is 0.685 bits per heavy atom. The van der Waals surface area contributed by atoms with Crippen LogP contribution in [0.15, 0.2) is 134 Å². The van der Waals surface area contributed by atoms with Crippen LogP contribution in [0, 0.1) is 0 Å². The van der Waals surface area contributed by atoms with Gasteiger partial charge in [0, 0.05) is 25.2 Å². The molecule has 4 atom stereocenters. The van der Waals surface area contributed by atoms with Crippen LogP contribution in [-0.2, 0) is 32.6 Å². The monoisotopic (exact) mass is 747 g/mol. The van der Waals surface area contributed by atoms with Gasteiger partial charge in [-0.05, 0) is 42.5 Å². The van der Waals surface area contributed by atoms with Crippen LogP contribution in [0.3, 0.4) is 0 Å². The number of nitrogens with zero attached hydrogens (tertiary/aromatic N) is 3. The number of aromatic nitrogens is 3. The van der Waals surface area contributed by atoms with Crippen molar-refractivity contribution in [3.63, 3.8) is 0 Å². The Labute approximate surface area is 309 Å². The second-order valence-corrected chi connectivity index (χ2v) is 14.2. The van der Waals surface area contributed by atoms with Gasteiger partial charge in [0.2, 0.25) is 0 Å². The minimum atomic E-state index is -4.13. The van der Waals surface area contributed by atoms with Crippen molar-refractivity contribution in [1.29, 1.82) is 0 Å². The lowest BCUT2D eigenvalue weighted by atomic mass is 10.1. The summed E-state index contributed by atoms with van der Waals surface area (Å²) in [6.45, 7) is -0.429. The number of hydrogen-bond acceptors (Lipinski definition) is 12. The lowest BCUT2D eigenvalue weighted by molar-refractivity contribution is -0.0594. The highest BCUT2D eigenvalue weighted by Gasteiger charge is 2.53. The van der Waals surface area contributed by atoms with Crippen molar-refractivity contribution in [2.45, 2.75) is 24.5 Å². The van der Waals surface area contributed by atoms with E-state index < -0.39 is 56.7 Å². The molecular weight excluding hydrogens is 713 g/mol. The molecule has 1 fully saturated rings. The fourth-order valence-corrected chi connectivity index (χ4v) is 7.52. The van der Waals surface area contributed by atoms with Gasteiger partial charge in [-0.25, -0.2) is 24.4 Å². The molecule has 7 rings (SSSR count). The van der Waals surface area contributed by atoms with Crippen molar-refractivity contribution in [3.8, 4) is 11.3 Å². The van der Waals surface area contributed by atoms with Crippen molar-refractivity contribution in [2.75, 3.05) is 20.8 Å². The second kappa shape index (κ2) is 15.9. The number of carbonyl (C=O) groups is 3. The van der Waals surface area contributed by atoms with Gasteiger partial charge in [-0.1, -0.05) is 84.9 Å². The van der Waals surface area contributed by atoms with E-state index in [1.54, 1.807) is 97.1 Å². The van der Waals surface area contributed by atoms with Gasteiger partial charge in [-0.2, -0.15) is 0 Å². The van der Waals surface area contributed by atoms with Gasteiger partial charge >= 0.3 is 25.5 Å². The molecule has 14 heteroatoms. The van der Waals surface area contributed by atoms with E-state index in [4.69, 9.17) is 28.0 Å². The van der Waals surface area contributed by atoms with Crippen molar-refractivity contribution < 1.29 is 46.9 Å². The second-order valence-electron chi connectivity index (χ2n) is 12.1. The van der Waals surface area contributed by atoms with E-state index in [9.17, 15) is 18.9 Å². The first-order valence-corrected chi connectivity index (χ1v) is 18.4. The third-order valence-electron chi connectivity index (χ3n) is 8.85. The summed E-state index contributed by atoms with van der Waals surface area (Å²) in [4.78, 5) is 49.8. The summed E-state index contributed by atoms with van der Waals surface area (Å²) in [5.74, 6) is -2.18. The number of esters is 3. The molecule has 0 radical (unpaired) electrons. The molecule has 0 bridgehead atoms. The Morgan fingerprint density at radius 3 is 1.72 bits per heavy atom. The van der Waals surface area contributed by atoms with Crippen LogP contribution in [0.2, 0.25) is 0 Å². The Kier molecular flexibility index (Phi) is 10.7. The normalized spacial score (nSPS) is 18.3. The molecule has 54 heavy (non-hydrogen) atoms. The SMILES string of the molecule is COP(=O)(OC)c1cc2c(-c3ccccc3)ncnc2n1[C@@H]1O[C@H](COC(=O)c2ccccc2)[C@@H](OC(=O)c2ccccc2)[C@H]1OC(=O)c1ccccc1. The molecule has 2 aromatic heterocycles. The van der Waals surface area contributed by atoms with Crippen LogP contribution in [0.1, 0.15) is 37.3 Å². The predicted molar refractivity (Wildman–Crippen MR) is 196 cm³/mol. The molecule has 274 valence electrons. The van der Waals surface area contributed by atoms with Crippen molar-refractivity contribution in [2.24, 2.45) is 0 Å². The molecule has 0 amide bonds. The highest BCUT2D eigenvalue weighted by atomic mass is 31.2. The van der Waals surface area contributed by atoms with Gasteiger partial charge in [0.05, 0.1) is 22.4 Å². The summed E-state index contributed by atoms with van der Waals surface area (Å²) in [5.41, 5.74) is 2.13. The van der Waals surface area contributed by atoms with E-state index in [1.807, 2.05) is 30.3 Å². The van der Waals surface area contributed by atoms with Crippen LogP contribution in [-0.4, -0.2) is 71.6 Å². The Hall–Kier alpha value is -5.98. The van der Waals surface area contributed by atoms with Crippen LogP contribution in [0.4, 0.5) is 0 Å². The fourth-order valence-electron chi connectivity index (χ4n) is 6.23. The van der Waals surface area contributed by atoms with E-state index in [1.165, 1.54) is 25.1 Å². The van der Waals surface area contributed by atoms with Crippen molar-refractivity contribution >= 4 is 42.0 Å². The number of hydrogen-bond donors (Lipinski definition) is 0. The standard InChI is InChI=1S/C40H34N3O10P/c1-48-54(47,49-2)32-23-30-33(26-15-7-3-8-16-26)41-25-42-36(30)43(32)37-35(53-40(46)29-21-13-6-14-22-29)34(52-39(45)28-19-11-5-12-20-28)31(51-37)24-50-38(44)27-17-9-4-10-18-27/h3-23,25,31,34-35,37H,24H2,1-2H3/t31-,34-,35-,37-/m1/s1. The number of benzene rings is 4. The van der Waals surface area contributed by atoms with Gasteiger partial charge in [0.15, 0.2) is 18.4 Å². The van der Waals surface area contributed by atoms with Crippen LogP contribution in [0.5, 0.6) is 0 Å². The summed E-state index contributed by atoms with van der Waals surface area (Å²) in [6, 6.07) is 35.6. The Morgan fingerprint density at radius 2 is 1.19 bits per heavy atom. The highest BCUT2D eigenvalue weighted by Crippen LogP contribution is 2.49. The molecule has 0 saturated carbocycles. The summed E-state index contributed by atoms with van der Waals surface area (Å²) < 4.78 is 51.4. The van der Waals surface area contributed by atoms with Gasteiger partial charge in [0.25, 0.3) is 0 Å². The first kappa shape index (κ1) is 36.4. The van der Waals surface area contributed by atoms with E-state index in [0.29, 0.717) is 11.1 Å². The molecule has 1 saturated heterocycles. The smallest absolute Gasteiger partial charge is 0.377 e. The molecule has 1 aliphatic rings. The number of carbonyl (C=O) groups excluding carboxylic acids is 3. The van der Waals surface area contributed by atoms with Crippen LogP contribution >= 0.6 is 7.60 Å². The maximum absolute atomic E-state index is 14.4. The zero-order chi connectivity index (χ0) is 37.7. The quantitative estimate of drug-likeness (QED) is 0.0772. The fraction of sp³-hybridized carbons (Fsp3) is 0.175. The summed E-state index contributed by atoms with van der Waals surface area (Å²) in [7, 11) is -1.67. The van der Waals surface area contributed by atoms with E-state index >= 15 is 0 Å². The molecule has 6 aromatic rings. The third kappa shape index (κ3) is 7.30. The maximum atomic E-state index is 14.4. The molecule has 1 aliphatic heterocycles. The first-order valence-electron chi connectivity index (χ1n) is 16.8. The van der Waals surface area contributed by atoms with Gasteiger partial charge < -0.3 is 28.0 Å². The number of rotatable bonds is 12. The van der Waals surface area contributed by atoms with E-state index in [-0.39, 0.29) is 27.8 Å². The average molecular weight is 748 g/mol. The summed E-state index contributed by atoms with van der Waals surface area (Å²) >= 11 is 0. The average Bonchev–Trinajstić information content (AvgIpc) is 3.78. The zero-order valence-electron chi connectivity index (χ0n) is 29.1. The Bertz CT molecular complexity index is 2300. The lowest BCUT2D eigenvalue weighted by Crippen LogP contribution is -2.42. The molecule has 4 aromatic carbocycles. The molecule has 0 spiro atoms. The predicted octanol–water partition coefficient (Wildman–Crippen LogP) is 6.42. The molecule has 0 N–H and O–H groups in total. The number of fused-ring (bicyclic) bond motifs is 1. The number of ether oxygens (including phenoxy) is 4. The van der Waals surface area contributed by atoms with E-state index in [0.717, 1.165) is 5.56 Å². The topological polar surface area (TPSA) is 154 Å². The van der Waals surface area contributed by atoms with Crippen LogP contribution < -0.4 is 5.44 Å². The van der Waals surface area contributed by atoms with Crippen molar-refractivity contribution in [1.82, 2.24) is 14.5 Å². The minimum Gasteiger partial charge on any atom is -0.459 e. The molecule has 3 heterocycles. The lowest BCUT2D eigenvalue weighted by Gasteiger charge is -2.27. The summed E-state index contributed by atoms with van der Waals surface area (Å²) in [5, 5.41) is 0.446. The highest BCUT2D eigenvalue weighted by molar-refractivity contribution is 7.62. The molecular formula is C40H34N3O10P. The van der Waals surface area contributed by atoms with Gasteiger partial charge in [-0.3, -0.25) is 9.13 Å². The van der Waals surface area contributed by atoms with Crippen LogP contribution in [0.25, 0.3) is 22.3 Å².